The lowest BCUT2D eigenvalue weighted by Gasteiger charge is -2.38. The number of nitrogens with one attached hydrogen (secondary N) is 2. The van der Waals surface area contributed by atoms with Gasteiger partial charge in [-0.2, -0.15) is 4.57 Å². The molecule has 2 N–H and O–H groups in total. The summed E-state index contributed by atoms with van der Waals surface area (Å²) in [7, 11) is 1.33. The molecule has 2 heterocycles. The Hall–Kier alpha value is -4.48. The number of amides is 3. The summed E-state index contributed by atoms with van der Waals surface area (Å²) < 4.78 is 17.4. The van der Waals surface area contributed by atoms with Gasteiger partial charge in [-0.15, -0.1) is 0 Å². The smallest absolute Gasteiger partial charge is 0.414 e. The standard InChI is InChI=1S/C31H40N4O8/c1-21(28(38)43-31(2,3)4)33-25(36)18-32-27(37)23-14-11-16-34(19-23)20-42-30(40)35-17-10-9-15-24(35)26(29(39)41-5)22-12-7-6-8-13-22/h6-8,11-14,16,19,21,24,26H,9-10,15,17-18,20H2,1-5H3,(H-,32,33,36,37)/p+1. The summed E-state index contributed by atoms with van der Waals surface area (Å²) in [5.74, 6) is -2.73. The van der Waals surface area contributed by atoms with Crippen LogP contribution in [0.5, 0.6) is 0 Å². The van der Waals surface area contributed by atoms with Crippen LogP contribution >= 0.6 is 0 Å². The van der Waals surface area contributed by atoms with Gasteiger partial charge in [0, 0.05) is 12.6 Å². The second kappa shape index (κ2) is 15.1. The van der Waals surface area contributed by atoms with E-state index in [1.165, 1.54) is 24.8 Å². The van der Waals surface area contributed by atoms with Crippen molar-refractivity contribution >= 4 is 29.8 Å². The number of aromatic nitrogens is 1. The van der Waals surface area contributed by atoms with Crippen molar-refractivity contribution in [2.45, 2.75) is 77.3 Å². The first kappa shape index (κ1) is 33.0. The summed E-state index contributed by atoms with van der Waals surface area (Å²) in [6.45, 7) is 6.58. The van der Waals surface area contributed by atoms with Gasteiger partial charge in [0.1, 0.15) is 23.1 Å². The van der Waals surface area contributed by atoms with Crippen molar-refractivity contribution < 1.29 is 42.8 Å². The second-order valence-electron chi connectivity index (χ2n) is 11.3. The highest BCUT2D eigenvalue weighted by Crippen LogP contribution is 2.32. The molecule has 232 valence electrons. The maximum atomic E-state index is 13.2. The van der Waals surface area contributed by atoms with Crippen LogP contribution in [0, 0.1) is 0 Å². The molecular formula is C31H41N4O8+. The molecule has 1 aliphatic rings. The largest absolute Gasteiger partial charge is 0.468 e. The Balaban J connectivity index is 1.58. The highest BCUT2D eigenvalue weighted by Gasteiger charge is 2.39. The van der Waals surface area contributed by atoms with E-state index in [9.17, 15) is 24.0 Å². The monoisotopic (exact) mass is 597 g/mol. The summed E-state index contributed by atoms with van der Waals surface area (Å²) in [6, 6.07) is 11.1. The molecule has 1 fully saturated rings. The number of hydrogen-bond acceptors (Lipinski definition) is 8. The fourth-order valence-electron chi connectivity index (χ4n) is 4.79. The molecule has 43 heavy (non-hydrogen) atoms. The van der Waals surface area contributed by atoms with Gasteiger partial charge < -0.3 is 29.7 Å². The van der Waals surface area contributed by atoms with Crippen LogP contribution in [-0.4, -0.2) is 72.6 Å². The second-order valence-corrected chi connectivity index (χ2v) is 11.3. The molecule has 0 saturated carbocycles. The number of ether oxygens (including phenoxy) is 3. The first-order valence-electron chi connectivity index (χ1n) is 14.3. The zero-order chi connectivity index (χ0) is 31.6. The van der Waals surface area contributed by atoms with Crippen LogP contribution in [0.15, 0.2) is 54.9 Å². The Morgan fingerprint density at radius 2 is 1.74 bits per heavy atom. The summed E-state index contributed by atoms with van der Waals surface area (Å²) in [6.07, 6.45) is 4.80. The van der Waals surface area contributed by atoms with Gasteiger partial charge in [-0.1, -0.05) is 30.3 Å². The molecule has 0 aliphatic carbocycles. The normalized spacial score (nSPS) is 16.3. The maximum Gasteiger partial charge on any atom is 0.414 e. The van der Waals surface area contributed by atoms with Crippen molar-refractivity contribution in [3.63, 3.8) is 0 Å². The molecule has 1 aliphatic heterocycles. The molecule has 3 unspecified atom stereocenters. The molecule has 1 saturated heterocycles. The maximum absolute atomic E-state index is 13.2. The molecule has 0 bridgehead atoms. The van der Waals surface area contributed by atoms with Crippen LogP contribution < -0.4 is 15.2 Å². The van der Waals surface area contributed by atoms with Crippen molar-refractivity contribution in [1.82, 2.24) is 15.5 Å². The lowest BCUT2D eigenvalue weighted by Crippen LogP contribution is -2.50. The Morgan fingerprint density at radius 1 is 1.02 bits per heavy atom. The molecule has 0 radical (unpaired) electrons. The van der Waals surface area contributed by atoms with Crippen molar-refractivity contribution in [3.05, 3.63) is 66.0 Å². The number of methoxy groups -OCH3 is 1. The number of rotatable bonds is 10. The minimum Gasteiger partial charge on any atom is -0.468 e. The molecule has 3 amide bonds. The van der Waals surface area contributed by atoms with Gasteiger partial charge in [0.15, 0.2) is 12.4 Å². The van der Waals surface area contributed by atoms with E-state index in [1.807, 2.05) is 30.3 Å². The summed E-state index contributed by atoms with van der Waals surface area (Å²) in [4.78, 5) is 64.6. The number of benzene rings is 1. The van der Waals surface area contributed by atoms with Crippen LogP contribution in [-0.2, 0) is 35.3 Å². The Bertz CT molecular complexity index is 1290. The van der Waals surface area contributed by atoms with E-state index >= 15 is 0 Å². The van der Waals surface area contributed by atoms with E-state index in [0.717, 1.165) is 18.4 Å². The van der Waals surface area contributed by atoms with E-state index in [2.05, 4.69) is 10.6 Å². The van der Waals surface area contributed by atoms with E-state index in [0.29, 0.717) is 13.0 Å². The van der Waals surface area contributed by atoms with Crippen molar-refractivity contribution in [2.75, 3.05) is 20.2 Å². The van der Waals surface area contributed by atoms with Gasteiger partial charge in [0.05, 0.1) is 19.7 Å². The molecule has 2 aromatic rings. The number of piperidine rings is 1. The molecule has 12 nitrogen and oxygen atoms in total. The Morgan fingerprint density at radius 3 is 2.42 bits per heavy atom. The number of carbonyl (C=O) groups excluding carboxylic acids is 5. The van der Waals surface area contributed by atoms with Gasteiger partial charge in [-0.3, -0.25) is 14.4 Å². The molecule has 0 spiro atoms. The van der Waals surface area contributed by atoms with Gasteiger partial charge in [0.25, 0.3) is 12.6 Å². The van der Waals surface area contributed by atoms with Crippen molar-refractivity contribution in [3.8, 4) is 0 Å². The molecule has 1 aromatic carbocycles. The first-order chi connectivity index (χ1) is 20.4. The topological polar surface area (TPSA) is 144 Å². The zero-order valence-electron chi connectivity index (χ0n) is 25.3. The predicted octanol–water partition coefficient (Wildman–Crippen LogP) is 2.46. The molecular weight excluding hydrogens is 556 g/mol. The Kier molecular flexibility index (Phi) is 11.6. The average molecular weight is 598 g/mol. The number of likely N-dealkylation sites (tertiary alicyclic amines) is 1. The van der Waals surface area contributed by atoms with Gasteiger partial charge in [-0.25, -0.2) is 9.59 Å². The van der Waals surface area contributed by atoms with Crippen LogP contribution in [0.1, 0.15) is 68.8 Å². The lowest BCUT2D eigenvalue weighted by atomic mass is 9.85. The number of carbonyl (C=O) groups is 5. The quantitative estimate of drug-likeness (QED) is 0.242. The van der Waals surface area contributed by atoms with Crippen molar-refractivity contribution in [1.29, 1.82) is 0 Å². The van der Waals surface area contributed by atoms with E-state index < -0.39 is 53.4 Å². The van der Waals surface area contributed by atoms with Gasteiger partial charge in [0.2, 0.25) is 5.91 Å². The van der Waals surface area contributed by atoms with E-state index in [-0.39, 0.29) is 18.8 Å². The minimum atomic E-state index is -0.882. The molecule has 12 heteroatoms. The van der Waals surface area contributed by atoms with Gasteiger partial charge >= 0.3 is 18.0 Å². The first-order valence-corrected chi connectivity index (χ1v) is 14.3. The van der Waals surface area contributed by atoms with Crippen LogP contribution in [0.25, 0.3) is 0 Å². The third-order valence-electron chi connectivity index (χ3n) is 6.79. The van der Waals surface area contributed by atoms with Crippen LogP contribution in [0.4, 0.5) is 4.79 Å². The number of nitrogens with zero attached hydrogens (tertiary/aromatic N) is 2. The summed E-state index contributed by atoms with van der Waals surface area (Å²) in [5.41, 5.74) is 0.307. The summed E-state index contributed by atoms with van der Waals surface area (Å²) in [5, 5.41) is 5.00. The van der Waals surface area contributed by atoms with E-state index in [4.69, 9.17) is 14.2 Å². The molecule has 3 rings (SSSR count). The fraction of sp³-hybridized carbons (Fsp3) is 0.484. The van der Waals surface area contributed by atoms with Crippen LogP contribution in [0.3, 0.4) is 0 Å². The highest BCUT2D eigenvalue weighted by molar-refractivity contribution is 5.96. The molecule has 1 aromatic heterocycles. The third-order valence-corrected chi connectivity index (χ3v) is 6.79. The predicted molar refractivity (Wildman–Crippen MR) is 154 cm³/mol. The van der Waals surface area contributed by atoms with Crippen LogP contribution in [0.2, 0.25) is 0 Å². The van der Waals surface area contributed by atoms with Gasteiger partial charge in [-0.05, 0) is 58.6 Å². The van der Waals surface area contributed by atoms with Crippen molar-refractivity contribution in [2.24, 2.45) is 0 Å². The van der Waals surface area contributed by atoms with E-state index in [1.54, 1.807) is 44.0 Å². The number of esters is 2. The fourth-order valence-corrected chi connectivity index (χ4v) is 4.79. The lowest BCUT2D eigenvalue weighted by molar-refractivity contribution is -0.727. The zero-order valence-corrected chi connectivity index (χ0v) is 25.3. The Labute approximate surface area is 251 Å². The minimum absolute atomic E-state index is 0.175. The molecule has 3 atom stereocenters. The number of pyridine rings is 1. The number of hydrogen-bond donors (Lipinski definition) is 2. The summed E-state index contributed by atoms with van der Waals surface area (Å²) >= 11 is 0. The average Bonchev–Trinajstić information content (AvgIpc) is 2.98. The highest BCUT2D eigenvalue weighted by atomic mass is 16.6. The third kappa shape index (κ3) is 9.79. The SMILES string of the molecule is COC(=O)C(c1ccccc1)C1CCCCN1C(=O)OC[n+]1cccc(C(=O)NCC(=O)NC(C)C(=O)OC(C)(C)C)c1.